The summed E-state index contributed by atoms with van der Waals surface area (Å²) < 4.78 is 47.4. The third-order valence-electron chi connectivity index (χ3n) is 2.20. The van der Waals surface area contributed by atoms with Gasteiger partial charge in [-0.25, -0.2) is 21.6 Å². The van der Waals surface area contributed by atoms with E-state index in [0.717, 1.165) is 0 Å². The Morgan fingerprint density at radius 3 is 2.53 bits per heavy atom. The molecule has 1 rings (SSSR count). The summed E-state index contributed by atoms with van der Waals surface area (Å²) in [5, 5.41) is 2.73. The molecular weight excluding hydrogens is 240 g/mol. The standard InChI is InChI=1S/C7H16N2O4S2/c1-8-3-5-15(12,13)9-7-2-4-14(10,11)6-7/h7-9H,2-6H2,1H3. The maximum Gasteiger partial charge on any atom is 0.213 e. The first-order chi connectivity index (χ1) is 6.85. The maximum atomic E-state index is 11.4. The Labute approximate surface area is 90.4 Å². The highest BCUT2D eigenvalue weighted by Gasteiger charge is 2.30. The second-order valence-electron chi connectivity index (χ2n) is 3.64. The topological polar surface area (TPSA) is 92.3 Å². The van der Waals surface area contributed by atoms with Crippen molar-refractivity contribution >= 4 is 19.9 Å². The SMILES string of the molecule is CNCCS(=O)(=O)NC1CCS(=O)(=O)C1. The number of nitrogens with one attached hydrogen (secondary N) is 2. The first-order valence-corrected chi connectivity index (χ1v) is 8.17. The van der Waals surface area contributed by atoms with Crippen LogP contribution in [0, 0.1) is 0 Å². The Bertz CT molecular complexity index is 401. The summed E-state index contributed by atoms with van der Waals surface area (Å²) in [5.41, 5.74) is 0. The Balaban J connectivity index is 2.49. The minimum atomic E-state index is -3.35. The monoisotopic (exact) mass is 256 g/mol. The summed E-state index contributed by atoms with van der Waals surface area (Å²) in [7, 11) is -4.72. The van der Waals surface area contributed by atoms with Crippen LogP contribution in [0.25, 0.3) is 0 Å². The van der Waals surface area contributed by atoms with Crippen LogP contribution in [0.3, 0.4) is 0 Å². The number of sulfone groups is 1. The molecule has 1 aliphatic heterocycles. The number of hydrogen-bond acceptors (Lipinski definition) is 5. The van der Waals surface area contributed by atoms with Crippen molar-refractivity contribution in [3.8, 4) is 0 Å². The van der Waals surface area contributed by atoms with Crippen molar-refractivity contribution in [3.63, 3.8) is 0 Å². The van der Waals surface area contributed by atoms with Crippen LogP contribution in [0.15, 0.2) is 0 Å². The highest BCUT2D eigenvalue weighted by atomic mass is 32.2. The third kappa shape index (κ3) is 4.45. The predicted octanol–water partition coefficient (Wildman–Crippen LogP) is -1.69. The van der Waals surface area contributed by atoms with E-state index in [1.54, 1.807) is 7.05 Å². The van der Waals surface area contributed by atoms with Gasteiger partial charge in [-0.3, -0.25) is 0 Å². The van der Waals surface area contributed by atoms with Crippen LogP contribution >= 0.6 is 0 Å². The average molecular weight is 256 g/mol. The molecule has 1 heterocycles. The number of rotatable bonds is 5. The molecule has 1 atom stereocenters. The Hall–Kier alpha value is -0.180. The number of hydrogen-bond donors (Lipinski definition) is 2. The molecule has 1 unspecified atom stereocenters. The quantitative estimate of drug-likeness (QED) is 0.612. The molecule has 1 saturated heterocycles. The molecule has 8 heteroatoms. The molecule has 0 aromatic heterocycles. The van der Waals surface area contributed by atoms with Gasteiger partial charge in [0.05, 0.1) is 17.3 Å². The van der Waals surface area contributed by atoms with E-state index < -0.39 is 25.9 Å². The van der Waals surface area contributed by atoms with Gasteiger partial charge in [0.2, 0.25) is 10.0 Å². The van der Waals surface area contributed by atoms with Crippen molar-refractivity contribution in [3.05, 3.63) is 0 Å². The summed E-state index contributed by atoms with van der Waals surface area (Å²) in [6.07, 6.45) is 0.376. The van der Waals surface area contributed by atoms with Crippen molar-refractivity contribution in [2.75, 3.05) is 30.9 Å². The van der Waals surface area contributed by atoms with Gasteiger partial charge in [0.15, 0.2) is 9.84 Å². The first kappa shape index (κ1) is 12.9. The zero-order valence-corrected chi connectivity index (χ0v) is 10.2. The van der Waals surface area contributed by atoms with Gasteiger partial charge >= 0.3 is 0 Å². The molecule has 6 nitrogen and oxygen atoms in total. The third-order valence-corrected chi connectivity index (χ3v) is 5.40. The summed E-state index contributed by atoms with van der Waals surface area (Å²) in [6.45, 7) is 0.356. The average Bonchev–Trinajstić information content (AvgIpc) is 2.41. The molecule has 0 spiro atoms. The van der Waals surface area contributed by atoms with Gasteiger partial charge in [0.1, 0.15) is 0 Å². The minimum absolute atomic E-state index is 0.0277. The molecule has 1 aliphatic rings. The van der Waals surface area contributed by atoms with Crippen molar-refractivity contribution < 1.29 is 16.8 Å². The van der Waals surface area contributed by atoms with Crippen LogP contribution in [0.2, 0.25) is 0 Å². The molecule has 0 saturated carbocycles. The lowest BCUT2D eigenvalue weighted by atomic mass is 10.3. The molecule has 0 aromatic rings. The Morgan fingerprint density at radius 1 is 1.40 bits per heavy atom. The molecule has 90 valence electrons. The van der Waals surface area contributed by atoms with E-state index in [0.29, 0.717) is 13.0 Å². The lowest BCUT2D eigenvalue weighted by Crippen LogP contribution is -2.39. The summed E-state index contributed by atoms with van der Waals surface area (Å²) in [5.74, 6) is -0.0297. The Morgan fingerprint density at radius 2 is 2.07 bits per heavy atom. The van der Waals surface area contributed by atoms with E-state index >= 15 is 0 Å². The second kappa shape index (κ2) is 4.77. The molecule has 0 radical (unpaired) electrons. The van der Waals surface area contributed by atoms with Gasteiger partial charge in [-0.05, 0) is 13.5 Å². The van der Waals surface area contributed by atoms with E-state index in [2.05, 4.69) is 10.0 Å². The van der Waals surface area contributed by atoms with Crippen LogP contribution < -0.4 is 10.0 Å². The van der Waals surface area contributed by atoms with E-state index in [4.69, 9.17) is 0 Å². The largest absolute Gasteiger partial charge is 0.319 e. The molecule has 0 bridgehead atoms. The zero-order valence-electron chi connectivity index (χ0n) is 8.56. The second-order valence-corrected chi connectivity index (χ2v) is 7.74. The van der Waals surface area contributed by atoms with Crippen molar-refractivity contribution in [2.24, 2.45) is 0 Å². The van der Waals surface area contributed by atoms with Gasteiger partial charge in [0, 0.05) is 12.6 Å². The first-order valence-electron chi connectivity index (χ1n) is 4.70. The smallest absolute Gasteiger partial charge is 0.213 e. The lowest BCUT2D eigenvalue weighted by molar-refractivity contribution is 0.560. The molecule has 1 fully saturated rings. The minimum Gasteiger partial charge on any atom is -0.319 e. The molecular formula is C7H16N2O4S2. The fourth-order valence-electron chi connectivity index (χ4n) is 1.44. The van der Waals surface area contributed by atoms with Crippen LogP contribution in [-0.2, 0) is 19.9 Å². The zero-order chi connectivity index (χ0) is 11.5. The molecule has 0 aliphatic carbocycles. The van der Waals surface area contributed by atoms with Gasteiger partial charge in [-0.15, -0.1) is 0 Å². The van der Waals surface area contributed by atoms with Crippen LogP contribution in [0.5, 0.6) is 0 Å². The molecule has 2 N–H and O–H groups in total. The molecule has 0 amide bonds. The fourth-order valence-corrected chi connectivity index (χ4v) is 4.52. The van der Waals surface area contributed by atoms with Gasteiger partial charge in [-0.1, -0.05) is 0 Å². The summed E-state index contributed by atoms with van der Waals surface area (Å²) in [6, 6.07) is -0.447. The normalized spacial score (nSPS) is 25.5. The highest BCUT2D eigenvalue weighted by molar-refractivity contribution is 7.92. The van der Waals surface area contributed by atoms with E-state index in [9.17, 15) is 16.8 Å². The van der Waals surface area contributed by atoms with Crippen molar-refractivity contribution in [1.82, 2.24) is 10.0 Å². The van der Waals surface area contributed by atoms with Gasteiger partial charge in [0.25, 0.3) is 0 Å². The summed E-state index contributed by atoms with van der Waals surface area (Å²) in [4.78, 5) is 0. The predicted molar refractivity (Wildman–Crippen MR) is 57.9 cm³/mol. The maximum absolute atomic E-state index is 11.4. The van der Waals surface area contributed by atoms with E-state index in [1.807, 2.05) is 0 Å². The lowest BCUT2D eigenvalue weighted by Gasteiger charge is -2.10. The van der Waals surface area contributed by atoms with Crippen LogP contribution in [0.1, 0.15) is 6.42 Å². The van der Waals surface area contributed by atoms with Crippen LogP contribution in [-0.4, -0.2) is 53.7 Å². The molecule has 0 aromatic carbocycles. The fraction of sp³-hybridized carbons (Fsp3) is 1.00. The molecule has 15 heavy (non-hydrogen) atoms. The van der Waals surface area contributed by atoms with Gasteiger partial charge in [-0.2, -0.15) is 0 Å². The van der Waals surface area contributed by atoms with Crippen LogP contribution in [0.4, 0.5) is 0 Å². The van der Waals surface area contributed by atoms with Crippen molar-refractivity contribution in [2.45, 2.75) is 12.5 Å². The number of sulfonamides is 1. The van der Waals surface area contributed by atoms with E-state index in [1.165, 1.54) is 0 Å². The summed E-state index contributed by atoms with van der Waals surface area (Å²) >= 11 is 0. The Kier molecular flexibility index (Phi) is 4.10. The highest BCUT2D eigenvalue weighted by Crippen LogP contribution is 2.12. The van der Waals surface area contributed by atoms with Crippen molar-refractivity contribution in [1.29, 1.82) is 0 Å². The van der Waals surface area contributed by atoms with E-state index in [-0.39, 0.29) is 17.3 Å². The van der Waals surface area contributed by atoms with Gasteiger partial charge < -0.3 is 5.32 Å².